The molecule has 0 heterocycles. The highest BCUT2D eigenvalue weighted by molar-refractivity contribution is 5.70. The largest absolute Gasteiger partial charge is 0.497 e. The molecule has 0 bridgehead atoms. The van der Waals surface area contributed by atoms with E-state index in [-0.39, 0.29) is 0 Å². The summed E-state index contributed by atoms with van der Waals surface area (Å²) in [5.41, 5.74) is 5.29. The Bertz CT molecular complexity index is 325. The zero-order chi connectivity index (χ0) is 11.8. The van der Waals surface area contributed by atoms with Crippen LogP contribution in [0.4, 0.5) is 4.79 Å². The maximum atomic E-state index is 11.2. The molecule has 0 unspecified atom stereocenters. The molecule has 1 amide bonds. The highest BCUT2D eigenvalue weighted by Gasteiger charge is 2.02. The number of rotatable bonds is 5. The Morgan fingerprint density at radius 1 is 1.31 bits per heavy atom. The van der Waals surface area contributed by atoms with Crippen LogP contribution in [-0.4, -0.2) is 26.3 Å². The molecule has 0 aliphatic rings. The number of carbonyl (C=O) groups is 1. The van der Waals surface area contributed by atoms with Crippen molar-refractivity contribution in [3.8, 4) is 11.5 Å². The average molecular weight is 224 g/mol. The smallest absolute Gasteiger partial charge is 0.412 e. The van der Waals surface area contributed by atoms with Crippen molar-refractivity contribution in [3.05, 3.63) is 24.3 Å². The van der Waals surface area contributed by atoms with Crippen molar-refractivity contribution in [2.75, 3.05) is 20.2 Å². The third-order valence-corrected chi connectivity index (χ3v) is 1.92. The summed E-state index contributed by atoms with van der Waals surface area (Å²) < 4.78 is 10.00. The molecule has 0 radical (unpaired) electrons. The van der Waals surface area contributed by atoms with Crippen LogP contribution in [0, 0.1) is 0 Å². The summed E-state index contributed by atoms with van der Waals surface area (Å²) in [4.78, 5) is 11.2. The van der Waals surface area contributed by atoms with Gasteiger partial charge in [0.1, 0.15) is 11.5 Å². The molecule has 3 N–H and O–H groups in total. The highest BCUT2D eigenvalue weighted by Crippen LogP contribution is 2.16. The van der Waals surface area contributed by atoms with Crippen LogP contribution in [-0.2, 0) is 0 Å². The fourth-order valence-corrected chi connectivity index (χ4v) is 1.08. The predicted octanol–water partition coefficient (Wildman–Crippen LogP) is 1.13. The zero-order valence-corrected chi connectivity index (χ0v) is 9.23. The van der Waals surface area contributed by atoms with Gasteiger partial charge in [-0.05, 0) is 37.2 Å². The first kappa shape index (κ1) is 12.3. The zero-order valence-electron chi connectivity index (χ0n) is 9.23. The van der Waals surface area contributed by atoms with E-state index < -0.39 is 6.09 Å². The number of carbonyl (C=O) groups excluding carboxylic acids is 1. The molecular formula is C11H16N2O3. The Kier molecular flexibility index (Phi) is 5.15. The van der Waals surface area contributed by atoms with Crippen molar-refractivity contribution >= 4 is 6.09 Å². The molecule has 0 spiro atoms. The van der Waals surface area contributed by atoms with Crippen molar-refractivity contribution in [3.63, 3.8) is 0 Å². The van der Waals surface area contributed by atoms with E-state index in [1.54, 1.807) is 31.4 Å². The summed E-state index contributed by atoms with van der Waals surface area (Å²) in [7, 11) is 1.58. The summed E-state index contributed by atoms with van der Waals surface area (Å²) in [6.07, 6.45) is 0.260. The maximum absolute atomic E-state index is 11.2. The monoisotopic (exact) mass is 224 g/mol. The molecule has 16 heavy (non-hydrogen) atoms. The number of nitrogens with one attached hydrogen (secondary N) is 1. The van der Waals surface area contributed by atoms with Gasteiger partial charge in [0.05, 0.1) is 7.11 Å². The topological polar surface area (TPSA) is 73.6 Å². The number of nitrogens with two attached hydrogens (primary N) is 1. The van der Waals surface area contributed by atoms with Crippen molar-refractivity contribution in [1.82, 2.24) is 5.32 Å². The third-order valence-electron chi connectivity index (χ3n) is 1.92. The van der Waals surface area contributed by atoms with Crippen LogP contribution >= 0.6 is 0 Å². The fraction of sp³-hybridized carbons (Fsp3) is 0.364. The first-order valence-electron chi connectivity index (χ1n) is 5.06. The van der Waals surface area contributed by atoms with Crippen molar-refractivity contribution in [2.45, 2.75) is 6.42 Å². The van der Waals surface area contributed by atoms with E-state index in [9.17, 15) is 4.79 Å². The van der Waals surface area contributed by atoms with Crippen LogP contribution in [0.5, 0.6) is 11.5 Å². The van der Waals surface area contributed by atoms with Gasteiger partial charge < -0.3 is 20.5 Å². The Balaban J connectivity index is 2.37. The SMILES string of the molecule is COc1ccc(OC(=O)NCCCN)cc1. The highest BCUT2D eigenvalue weighted by atomic mass is 16.6. The van der Waals surface area contributed by atoms with Gasteiger partial charge in [-0.1, -0.05) is 0 Å². The molecule has 0 fully saturated rings. The second kappa shape index (κ2) is 6.68. The van der Waals surface area contributed by atoms with Crippen LogP contribution in [0.3, 0.4) is 0 Å². The van der Waals surface area contributed by atoms with E-state index in [0.29, 0.717) is 18.8 Å². The molecular weight excluding hydrogens is 208 g/mol. The lowest BCUT2D eigenvalue weighted by molar-refractivity contribution is 0.200. The molecule has 5 heteroatoms. The van der Waals surface area contributed by atoms with Crippen molar-refractivity contribution in [1.29, 1.82) is 0 Å². The minimum atomic E-state index is -0.474. The van der Waals surface area contributed by atoms with Gasteiger partial charge in [0.25, 0.3) is 0 Å². The lowest BCUT2D eigenvalue weighted by Gasteiger charge is -2.06. The van der Waals surface area contributed by atoms with E-state index in [0.717, 1.165) is 12.2 Å². The van der Waals surface area contributed by atoms with E-state index in [4.69, 9.17) is 15.2 Å². The molecule has 1 aromatic carbocycles. The van der Waals surface area contributed by atoms with Gasteiger partial charge in [-0.25, -0.2) is 4.79 Å². The summed E-state index contributed by atoms with van der Waals surface area (Å²) in [6, 6.07) is 6.79. The summed E-state index contributed by atoms with van der Waals surface area (Å²) in [5, 5.41) is 2.59. The summed E-state index contributed by atoms with van der Waals surface area (Å²) in [5.74, 6) is 1.20. The number of benzene rings is 1. The Morgan fingerprint density at radius 3 is 2.50 bits per heavy atom. The lowest BCUT2D eigenvalue weighted by Crippen LogP contribution is -2.28. The van der Waals surface area contributed by atoms with Crippen molar-refractivity contribution < 1.29 is 14.3 Å². The maximum Gasteiger partial charge on any atom is 0.412 e. The van der Waals surface area contributed by atoms with Gasteiger partial charge in [-0.2, -0.15) is 0 Å². The lowest BCUT2D eigenvalue weighted by atomic mass is 10.3. The van der Waals surface area contributed by atoms with Crippen LogP contribution in [0.25, 0.3) is 0 Å². The summed E-state index contributed by atoms with van der Waals surface area (Å²) in [6.45, 7) is 1.06. The first-order chi connectivity index (χ1) is 7.76. The molecule has 1 rings (SSSR count). The first-order valence-corrected chi connectivity index (χ1v) is 5.06. The molecule has 0 saturated heterocycles. The number of ether oxygens (including phenoxy) is 2. The second-order valence-electron chi connectivity index (χ2n) is 3.13. The number of methoxy groups -OCH3 is 1. The Labute approximate surface area is 94.5 Å². The molecule has 0 aromatic heterocycles. The molecule has 88 valence electrons. The molecule has 0 aliphatic heterocycles. The van der Waals surface area contributed by atoms with Gasteiger partial charge in [-0.15, -0.1) is 0 Å². The van der Waals surface area contributed by atoms with Gasteiger partial charge in [-0.3, -0.25) is 0 Å². The predicted molar refractivity (Wildman–Crippen MR) is 60.7 cm³/mol. The standard InChI is InChI=1S/C11H16N2O3/c1-15-9-3-5-10(6-4-9)16-11(14)13-8-2-7-12/h3-6H,2,7-8,12H2,1H3,(H,13,14). The van der Waals surface area contributed by atoms with Crippen LogP contribution < -0.4 is 20.5 Å². The van der Waals surface area contributed by atoms with Crippen LogP contribution in [0.15, 0.2) is 24.3 Å². The number of hydrogen-bond acceptors (Lipinski definition) is 4. The number of hydrogen-bond donors (Lipinski definition) is 2. The van der Waals surface area contributed by atoms with E-state index in [1.165, 1.54) is 0 Å². The van der Waals surface area contributed by atoms with E-state index in [2.05, 4.69) is 5.32 Å². The van der Waals surface area contributed by atoms with E-state index >= 15 is 0 Å². The quantitative estimate of drug-likeness (QED) is 0.735. The van der Waals surface area contributed by atoms with Gasteiger partial charge >= 0.3 is 6.09 Å². The Morgan fingerprint density at radius 2 is 1.94 bits per heavy atom. The molecule has 0 aliphatic carbocycles. The number of amides is 1. The van der Waals surface area contributed by atoms with Crippen molar-refractivity contribution in [2.24, 2.45) is 5.73 Å². The van der Waals surface area contributed by atoms with Gasteiger partial charge in [0, 0.05) is 6.54 Å². The summed E-state index contributed by atoms with van der Waals surface area (Å²) >= 11 is 0. The normalized spacial score (nSPS) is 9.62. The van der Waals surface area contributed by atoms with Crippen LogP contribution in [0.2, 0.25) is 0 Å². The average Bonchev–Trinajstić information content (AvgIpc) is 2.30. The second-order valence-corrected chi connectivity index (χ2v) is 3.13. The van der Waals surface area contributed by atoms with Gasteiger partial charge in [0.2, 0.25) is 0 Å². The van der Waals surface area contributed by atoms with Gasteiger partial charge in [0.15, 0.2) is 0 Å². The van der Waals surface area contributed by atoms with Crippen LogP contribution in [0.1, 0.15) is 6.42 Å². The van der Waals surface area contributed by atoms with E-state index in [1.807, 2.05) is 0 Å². The molecule has 0 saturated carbocycles. The molecule has 0 atom stereocenters. The minimum Gasteiger partial charge on any atom is -0.497 e. The molecule has 1 aromatic rings. The molecule has 5 nitrogen and oxygen atoms in total. The Hall–Kier alpha value is -1.75. The third kappa shape index (κ3) is 4.18. The minimum absolute atomic E-state index is 0.474. The fourth-order valence-electron chi connectivity index (χ4n) is 1.08.